The molecule has 2 aromatic carbocycles. The van der Waals surface area contributed by atoms with Crippen LogP contribution >= 0.6 is 23.2 Å². The van der Waals surface area contributed by atoms with Gasteiger partial charge in [-0.2, -0.15) is 0 Å². The number of imidazole rings is 1. The Kier molecular flexibility index (Phi) is 4.15. The van der Waals surface area contributed by atoms with Crippen LogP contribution in [0, 0.1) is 0 Å². The number of rotatable bonds is 4. The third kappa shape index (κ3) is 2.91. The van der Waals surface area contributed by atoms with Crippen molar-refractivity contribution >= 4 is 34.2 Å². The maximum Gasteiger partial charge on any atom is 0.138 e. The smallest absolute Gasteiger partial charge is 0.138 e. The Hall–Kier alpha value is -1.55. The molecular weight excluding hydrogens is 305 g/mol. The topological polar surface area (TPSA) is 40.7 Å². The zero-order valence-corrected chi connectivity index (χ0v) is 13.1. The van der Waals surface area contributed by atoms with Crippen LogP contribution in [-0.2, 0) is 6.42 Å². The Balaban J connectivity index is 2.08. The van der Waals surface area contributed by atoms with E-state index < -0.39 is 0 Å². The molecule has 21 heavy (non-hydrogen) atoms. The number of hydrogen-bond donors (Lipinski definition) is 2. The zero-order chi connectivity index (χ0) is 14.8. The highest BCUT2D eigenvalue weighted by atomic mass is 35.5. The first-order valence-electron chi connectivity index (χ1n) is 6.76. The van der Waals surface area contributed by atoms with Gasteiger partial charge >= 0.3 is 0 Å². The number of likely N-dealkylation sites (N-methyl/N-ethyl adjacent to an activating group) is 1. The number of benzene rings is 2. The molecule has 3 aromatic rings. The molecule has 2 N–H and O–H groups in total. The fourth-order valence-corrected chi connectivity index (χ4v) is 2.68. The number of halogens is 2. The van der Waals surface area contributed by atoms with Gasteiger partial charge in [0.15, 0.2) is 0 Å². The second-order valence-electron chi connectivity index (χ2n) is 4.88. The summed E-state index contributed by atoms with van der Waals surface area (Å²) in [5.74, 6) is 0.843. The second kappa shape index (κ2) is 6.06. The lowest BCUT2D eigenvalue weighted by Gasteiger charge is -2.06. The van der Waals surface area contributed by atoms with Crippen LogP contribution in [0.5, 0.6) is 0 Å². The van der Waals surface area contributed by atoms with Crippen LogP contribution in [0.3, 0.4) is 0 Å². The zero-order valence-electron chi connectivity index (χ0n) is 11.6. The molecule has 3 nitrogen and oxygen atoms in total. The molecule has 0 spiro atoms. The van der Waals surface area contributed by atoms with Gasteiger partial charge in [0.05, 0.1) is 21.1 Å². The molecule has 0 unspecified atom stereocenters. The first kappa shape index (κ1) is 14.4. The molecule has 0 amide bonds. The van der Waals surface area contributed by atoms with E-state index in [0.29, 0.717) is 10.0 Å². The summed E-state index contributed by atoms with van der Waals surface area (Å²) in [6.45, 7) is 0.925. The first-order valence-corrected chi connectivity index (χ1v) is 7.52. The van der Waals surface area contributed by atoms with Crippen molar-refractivity contribution in [2.24, 2.45) is 0 Å². The Morgan fingerprint density at radius 2 is 1.90 bits per heavy atom. The summed E-state index contributed by atoms with van der Waals surface area (Å²) in [6, 6.07) is 11.9. The van der Waals surface area contributed by atoms with Gasteiger partial charge in [-0.3, -0.25) is 0 Å². The standard InChI is InChI=1S/C16H15Cl2N3/c1-19-7-6-10-4-2-3-5-11(10)16-20-14-8-12(17)13(18)9-15(14)21-16/h2-5,8-9,19H,6-7H2,1H3,(H,20,21). The number of fused-ring (bicyclic) bond motifs is 1. The van der Waals surface area contributed by atoms with Crippen molar-refractivity contribution in [1.82, 2.24) is 15.3 Å². The summed E-state index contributed by atoms with van der Waals surface area (Å²) in [4.78, 5) is 7.96. The lowest BCUT2D eigenvalue weighted by Crippen LogP contribution is -2.10. The molecule has 108 valence electrons. The number of aromatic amines is 1. The largest absolute Gasteiger partial charge is 0.338 e. The van der Waals surface area contributed by atoms with Gasteiger partial charge in [-0.15, -0.1) is 0 Å². The van der Waals surface area contributed by atoms with Crippen LogP contribution in [-0.4, -0.2) is 23.6 Å². The normalized spacial score (nSPS) is 11.2. The summed E-state index contributed by atoms with van der Waals surface area (Å²) < 4.78 is 0. The molecule has 0 aliphatic heterocycles. The van der Waals surface area contributed by atoms with Crippen LogP contribution in [0.4, 0.5) is 0 Å². The van der Waals surface area contributed by atoms with E-state index in [0.717, 1.165) is 35.4 Å². The van der Waals surface area contributed by atoms with E-state index in [-0.39, 0.29) is 0 Å². The minimum absolute atomic E-state index is 0.519. The average Bonchev–Trinajstić information content (AvgIpc) is 2.88. The molecule has 0 atom stereocenters. The highest BCUT2D eigenvalue weighted by Crippen LogP contribution is 2.29. The maximum atomic E-state index is 6.05. The van der Waals surface area contributed by atoms with Crippen molar-refractivity contribution in [3.63, 3.8) is 0 Å². The third-order valence-electron chi connectivity index (χ3n) is 3.44. The van der Waals surface area contributed by atoms with E-state index in [4.69, 9.17) is 23.2 Å². The molecule has 5 heteroatoms. The quantitative estimate of drug-likeness (QED) is 0.752. The average molecular weight is 320 g/mol. The van der Waals surface area contributed by atoms with Crippen LogP contribution < -0.4 is 5.32 Å². The summed E-state index contributed by atoms with van der Waals surface area (Å²) in [6.07, 6.45) is 0.950. The van der Waals surface area contributed by atoms with Gasteiger partial charge in [-0.05, 0) is 37.7 Å². The van der Waals surface area contributed by atoms with Crippen molar-refractivity contribution in [3.8, 4) is 11.4 Å². The molecule has 3 rings (SSSR count). The van der Waals surface area contributed by atoms with Gasteiger partial charge in [0.25, 0.3) is 0 Å². The van der Waals surface area contributed by atoms with Crippen LogP contribution in [0.15, 0.2) is 36.4 Å². The predicted molar refractivity (Wildman–Crippen MR) is 89.2 cm³/mol. The fraction of sp³-hybridized carbons (Fsp3) is 0.188. The molecule has 0 saturated heterocycles. The molecule has 1 heterocycles. The molecule has 0 fully saturated rings. The lowest BCUT2D eigenvalue weighted by atomic mass is 10.0. The van der Waals surface area contributed by atoms with E-state index in [9.17, 15) is 0 Å². The highest BCUT2D eigenvalue weighted by Gasteiger charge is 2.11. The fourth-order valence-electron chi connectivity index (χ4n) is 2.36. The number of nitrogens with zero attached hydrogens (tertiary/aromatic N) is 1. The Morgan fingerprint density at radius 1 is 1.14 bits per heavy atom. The molecule has 0 bridgehead atoms. The second-order valence-corrected chi connectivity index (χ2v) is 5.69. The Labute approximate surface area is 133 Å². The molecule has 0 aliphatic rings. The summed E-state index contributed by atoms with van der Waals surface area (Å²) in [5.41, 5.74) is 4.07. The van der Waals surface area contributed by atoms with Crippen molar-refractivity contribution in [1.29, 1.82) is 0 Å². The van der Waals surface area contributed by atoms with E-state index in [1.54, 1.807) is 6.07 Å². The summed E-state index contributed by atoms with van der Waals surface area (Å²) in [5, 5.41) is 4.22. The van der Waals surface area contributed by atoms with Gasteiger partial charge in [-0.25, -0.2) is 4.98 Å². The molecule has 0 saturated carbocycles. The van der Waals surface area contributed by atoms with Crippen molar-refractivity contribution in [3.05, 3.63) is 52.0 Å². The maximum absolute atomic E-state index is 6.05. The first-order chi connectivity index (χ1) is 10.2. The van der Waals surface area contributed by atoms with Gasteiger partial charge in [0, 0.05) is 5.56 Å². The van der Waals surface area contributed by atoms with Crippen LogP contribution in [0.2, 0.25) is 10.0 Å². The molecule has 1 aromatic heterocycles. The predicted octanol–water partition coefficient (Wildman–Crippen LogP) is 4.30. The monoisotopic (exact) mass is 319 g/mol. The van der Waals surface area contributed by atoms with Gasteiger partial charge < -0.3 is 10.3 Å². The van der Waals surface area contributed by atoms with Gasteiger partial charge in [0.1, 0.15) is 5.82 Å². The van der Waals surface area contributed by atoms with Crippen molar-refractivity contribution < 1.29 is 0 Å². The van der Waals surface area contributed by atoms with Gasteiger partial charge in [0.2, 0.25) is 0 Å². The minimum atomic E-state index is 0.519. The Bertz CT molecular complexity index is 741. The van der Waals surface area contributed by atoms with Crippen molar-refractivity contribution in [2.45, 2.75) is 6.42 Å². The number of aromatic nitrogens is 2. The van der Waals surface area contributed by atoms with Crippen LogP contribution in [0.1, 0.15) is 5.56 Å². The summed E-state index contributed by atoms with van der Waals surface area (Å²) >= 11 is 12.1. The Morgan fingerprint density at radius 3 is 2.71 bits per heavy atom. The third-order valence-corrected chi connectivity index (χ3v) is 4.16. The molecule has 0 radical (unpaired) electrons. The van der Waals surface area contributed by atoms with E-state index in [1.165, 1.54) is 5.56 Å². The SMILES string of the molecule is CNCCc1ccccc1-c1nc2cc(Cl)c(Cl)cc2[nH]1. The molecular formula is C16H15Cl2N3. The molecule has 0 aliphatic carbocycles. The van der Waals surface area contributed by atoms with E-state index in [2.05, 4.69) is 27.4 Å². The van der Waals surface area contributed by atoms with Crippen molar-refractivity contribution in [2.75, 3.05) is 13.6 Å². The number of H-pyrrole nitrogens is 1. The number of nitrogens with one attached hydrogen (secondary N) is 2. The minimum Gasteiger partial charge on any atom is -0.338 e. The highest BCUT2D eigenvalue weighted by molar-refractivity contribution is 6.42. The van der Waals surface area contributed by atoms with Crippen LogP contribution in [0.25, 0.3) is 22.4 Å². The lowest BCUT2D eigenvalue weighted by molar-refractivity contribution is 0.792. The van der Waals surface area contributed by atoms with E-state index in [1.807, 2.05) is 25.2 Å². The van der Waals surface area contributed by atoms with Gasteiger partial charge in [-0.1, -0.05) is 47.5 Å². The number of hydrogen-bond acceptors (Lipinski definition) is 2. The summed E-state index contributed by atoms with van der Waals surface area (Å²) in [7, 11) is 1.95. The van der Waals surface area contributed by atoms with E-state index >= 15 is 0 Å².